The number of imidazole rings is 1. The first-order valence-electron chi connectivity index (χ1n) is 10.3. The number of nitrogens with one attached hydrogen (secondary N) is 2. The highest BCUT2D eigenvalue weighted by Crippen LogP contribution is 2.31. The van der Waals surface area contributed by atoms with Crippen LogP contribution in [0.15, 0.2) is 36.5 Å². The van der Waals surface area contributed by atoms with Crippen LogP contribution in [0.5, 0.6) is 0 Å². The van der Waals surface area contributed by atoms with E-state index in [1.807, 2.05) is 44.2 Å². The number of H-pyrrole nitrogens is 1. The van der Waals surface area contributed by atoms with Crippen molar-refractivity contribution in [1.29, 1.82) is 0 Å². The van der Waals surface area contributed by atoms with Crippen molar-refractivity contribution in [2.45, 2.75) is 38.8 Å². The molecule has 1 aromatic carbocycles. The molecule has 3 rings (SSSR count). The summed E-state index contributed by atoms with van der Waals surface area (Å²) in [5, 5.41) is 2.65. The quantitative estimate of drug-likeness (QED) is 0.748. The average molecular weight is 418 g/mol. The Morgan fingerprint density at radius 1 is 1.23 bits per heavy atom. The average Bonchev–Trinajstić information content (AvgIpc) is 3.44. The Kier molecular flexibility index (Phi) is 7.35. The smallest absolute Gasteiger partial charge is 0.407 e. The largest absolute Gasteiger partial charge is 0.453 e. The minimum absolute atomic E-state index is 0.0749. The molecule has 1 aliphatic rings. The lowest BCUT2D eigenvalue weighted by molar-refractivity contribution is -0.135. The highest BCUT2D eigenvalue weighted by Gasteiger charge is 2.37. The number of alkyl carbamates (subject to hydrolysis) is 1. The van der Waals surface area contributed by atoms with Crippen LogP contribution in [-0.2, 0) is 9.53 Å². The topological polar surface area (TPSA) is 87.3 Å². The number of rotatable bonds is 4. The van der Waals surface area contributed by atoms with Crippen LogP contribution in [0.1, 0.15) is 49.8 Å². The number of likely N-dealkylation sites (tertiary alicyclic amines) is 1. The van der Waals surface area contributed by atoms with Gasteiger partial charge < -0.3 is 19.9 Å². The van der Waals surface area contributed by atoms with Crippen molar-refractivity contribution in [1.82, 2.24) is 20.2 Å². The zero-order valence-corrected chi connectivity index (χ0v) is 17.9. The van der Waals surface area contributed by atoms with E-state index in [0.29, 0.717) is 18.1 Å². The first-order chi connectivity index (χ1) is 15.0. The van der Waals surface area contributed by atoms with E-state index in [1.165, 1.54) is 7.11 Å². The number of hydrogen-bond donors (Lipinski definition) is 2. The molecule has 2 unspecified atom stereocenters. The van der Waals surface area contributed by atoms with Crippen molar-refractivity contribution < 1.29 is 14.3 Å². The van der Waals surface area contributed by atoms with Gasteiger partial charge in [0.1, 0.15) is 17.6 Å². The van der Waals surface area contributed by atoms with E-state index in [1.54, 1.807) is 11.1 Å². The Morgan fingerprint density at radius 2 is 1.97 bits per heavy atom. The number of methoxy groups -OCH3 is 1. The van der Waals surface area contributed by atoms with Crippen molar-refractivity contribution in [3.63, 3.8) is 0 Å². The fourth-order valence-corrected chi connectivity index (χ4v) is 3.49. The van der Waals surface area contributed by atoms with Crippen LogP contribution in [0, 0.1) is 29.6 Å². The first-order valence-corrected chi connectivity index (χ1v) is 10.3. The number of nitrogens with zero attached hydrogens (tertiary/aromatic N) is 2. The molecule has 2 heterocycles. The molecule has 2 atom stereocenters. The maximum atomic E-state index is 13.1. The predicted molar refractivity (Wildman–Crippen MR) is 117 cm³/mol. The third-order valence-electron chi connectivity index (χ3n) is 5.08. The van der Waals surface area contributed by atoms with Crippen LogP contribution in [0.4, 0.5) is 4.79 Å². The van der Waals surface area contributed by atoms with Crippen LogP contribution in [0.2, 0.25) is 0 Å². The van der Waals surface area contributed by atoms with Gasteiger partial charge in [0.05, 0.1) is 19.3 Å². The predicted octanol–water partition coefficient (Wildman–Crippen LogP) is 2.86. The lowest BCUT2D eigenvalue weighted by Gasteiger charge is -2.29. The summed E-state index contributed by atoms with van der Waals surface area (Å²) >= 11 is 0. The molecule has 2 aromatic rings. The minimum atomic E-state index is -0.657. The van der Waals surface area contributed by atoms with Gasteiger partial charge in [0.25, 0.3) is 0 Å². The fourth-order valence-electron chi connectivity index (χ4n) is 3.49. The van der Waals surface area contributed by atoms with Gasteiger partial charge in [-0.15, -0.1) is 0 Å². The van der Waals surface area contributed by atoms with Gasteiger partial charge in [-0.25, -0.2) is 9.78 Å². The Morgan fingerprint density at radius 3 is 2.68 bits per heavy atom. The zero-order chi connectivity index (χ0) is 22.2. The van der Waals surface area contributed by atoms with Gasteiger partial charge >= 0.3 is 6.09 Å². The van der Waals surface area contributed by atoms with E-state index in [2.05, 4.69) is 43.7 Å². The molecule has 1 aliphatic heterocycles. The molecule has 7 heteroatoms. The van der Waals surface area contributed by atoms with Gasteiger partial charge in [-0.2, -0.15) is 0 Å². The summed E-state index contributed by atoms with van der Waals surface area (Å²) in [6.45, 7) is 4.39. The molecule has 1 aromatic heterocycles. The summed E-state index contributed by atoms with van der Waals surface area (Å²) < 4.78 is 4.67. The van der Waals surface area contributed by atoms with Gasteiger partial charge in [-0.3, -0.25) is 4.79 Å². The lowest BCUT2D eigenvalue weighted by atomic mass is 10.0. The number of ether oxygens (including phenoxy) is 1. The number of carbonyl (C=O) groups excluding carboxylic acids is 2. The normalized spacial score (nSPS) is 16.0. The molecular formula is C24H26N4O3. The molecule has 31 heavy (non-hydrogen) atoms. The molecule has 1 saturated heterocycles. The maximum absolute atomic E-state index is 13.1. The molecular weight excluding hydrogens is 392 g/mol. The molecule has 1 fully saturated rings. The maximum Gasteiger partial charge on any atom is 0.407 e. The number of aromatic amines is 1. The van der Waals surface area contributed by atoms with Gasteiger partial charge in [0.2, 0.25) is 5.91 Å². The summed E-state index contributed by atoms with van der Waals surface area (Å²) in [5.74, 6) is 12.1. The Hall–Kier alpha value is -3.71. The third kappa shape index (κ3) is 5.67. The molecule has 160 valence electrons. The van der Waals surface area contributed by atoms with E-state index in [9.17, 15) is 9.59 Å². The van der Waals surface area contributed by atoms with Crippen molar-refractivity contribution in [2.75, 3.05) is 13.7 Å². The molecule has 0 saturated carbocycles. The van der Waals surface area contributed by atoms with Crippen LogP contribution >= 0.6 is 0 Å². The summed E-state index contributed by atoms with van der Waals surface area (Å²) in [5.41, 5.74) is 1.55. The van der Waals surface area contributed by atoms with Gasteiger partial charge in [-0.1, -0.05) is 38.0 Å². The number of benzene rings is 1. The number of hydrogen-bond acceptors (Lipinski definition) is 4. The van der Waals surface area contributed by atoms with Gasteiger partial charge in [0.15, 0.2) is 0 Å². The molecule has 0 bridgehead atoms. The highest BCUT2D eigenvalue weighted by atomic mass is 16.5. The summed E-state index contributed by atoms with van der Waals surface area (Å²) in [4.78, 5) is 34.2. The zero-order valence-electron chi connectivity index (χ0n) is 17.9. The molecule has 0 aliphatic carbocycles. The summed E-state index contributed by atoms with van der Waals surface area (Å²) in [7, 11) is 1.28. The van der Waals surface area contributed by atoms with E-state index in [-0.39, 0.29) is 17.9 Å². The van der Waals surface area contributed by atoms with E-state index in [0.717, 1.165) is 18.4 Å². The van der Waals surface area contributed by atoms with E-state index < -0.39 is 12.1 Å². The lowest BCUT2D eigenvalue weighted by Crippen LogP contribution is -2.51. The second-order valence-electron chi connectivity index (χ2n) is 7.60. The second kappa shape index (κ2) is 10.4. The fraction of sp³-hybridized carbons (Fsp3) is 0.375. The van der Waals surface area contributed by atoms with Crippen molar-refractivity contribution >= 4 is 12.0 Å². The van der Waals surface area contributed by atoms with Crippen molar-refractivity contribution in [3.8, 4) is 23.7 Å². The van der Waals surface area contributed by atoms with Crippen LogP contribution in [0.3, 0.4) is 0 Å². The number of carbonyl (C=O) groups is 2. The van der Waals surface area contributed by atoms with Crippen molar-refractivity contribution in [2.24, 2.45) is 5.92 Å². The third-order valence-corrected chi connectivity index (χ3v) is 5.08. The van der Waals surface area contributed by atoms with Crippen LogP contribution < -0.4 is 5.32 Å². The van der Waals surface area contributed by atoms with Crippen LogP contribution in [-0.4, -0.2) is 46.6 Å². The Balaban J connectivity index is 1.71. The Bertz CT molecular complexity index is 1040. The molecule has 7 nitrogen and oxygen atoms in total. The highest BCUT2D eigenvalue weighted by molar-refractivity contribution is 5.86. The molecule has 2 amide bonds. The number of aromatic nitrogens is 2. The van der Waals surface area contributed by atoms with Crippen LogP contribution in [0.25, 0.3) is 0 Å². The monoisotopic (exact) mass is 418 g/mol. The molecule has 2 N–H and O–H groups in total. The minimum Gasteiger partial charge on any atom is -0.453 e. The standard InChI is InChI=1S/C24H26N4O3/c1-17(2)21(27-24(30)31-3)23(29)28-15-9-14-20(28)22-25-16-19(26-22)13-8-7-12-18-10-5-4-6-11-18/h4-6,10-11,16-17,20-21H,9,14-15H2,1-3H3,(H,25,26)(H,27,30). The molecule has 0 radical (unpaired) electrons. The molecule has 0 spiro atoms. The Labute approximate surface area is 182 Å². The SMILES string of the molecule is COC(=O)NC(C(=O)N1CCCC1c1ncc(C#CC#Cc2ccccc2)[nH]1)C(C)C. The summed E-state index contributed by atoms with van der Waals surface area (Å²) in [6, 6.07) is 8.81. The van der Waals surface area contributed by atoms with E-state index >= 15 is 0 Å². The van der Waals surface area contributed by atoms with Gasteiger partial charge in [0, 0.05) is 12.1 Å². The second-order valence-corrected chi connectivity index (χ2v) is 7.60. The summed E-state index contributed by atoms with van der Waals surface area (Å²) in [6.07, 6.45) is 2.70. The van der Waals surface area contributed by atoms with Crippen molar-refractivity contribution in [3.05, 3.63) is 53.6 Å². The van der Waals surface area contributed by atoms with E-state index in [4.69, 9.17) is 0 Å². The first kappa shape index (κ1) is 22.0. The number of amides is 2. The van der Waals surface area contributed by atoms with Gasteiger partial charge in [-0.05, 0) is 48.7 Å².